The Kier molecular flexibility index (Phi) is 73.7. The minimum atomic E-state index is -1.51. The van der Waals surface area contributed by atoms with Gasteiger partial charge in [-0.15, -0.1) is 0 Å². The van der Waals surface area contributed by atoms with E-state index >= 15 is 0 Å². The Balaban J connectivity index is 3.94. The van der Waals surface area contributed by atoms with Gasteiger partial charge < -0.3 is 28.5 Å². The zero-order valence-electron chi connectivity index (χ0n) is 63.2. The number of unbranched alkanes of at least 4 members (excludes halogenated alkanes) is 60. The molecule has 9 nitrogen and oxygen atoms in total. The molecule has 0 radical (unpaired) electrons. The van der Waals surface area contributed by atoms with Crippen LogP contribution in [0, 0.1) is 0 Å². The first-order chi connectivity index (χ1) is 45.6. The van der Waals surface area contributed by atoms with Gasteiger partial charge in [0.05, 0.1) is 34.4 Å². The first kappa shape index (κ1) is 90.8. The maximum absolute atomic E-state index is 13.0. The Bertz CT molecular complexity index is 1580. The second-order valence-corrected chi connectivity index (χ2v) is 29.8. The van der Waals surface area contributed by atoms with Gasteiger partial charge in [-0.1, -0.05) is 404 Å². The van der Waals surface area contributed by atoms with Crippen LogP contribution in [0.15, 0.2) is 24.3 Å². The molecule has 0 heterocycles. The lowest BCUT2D eigenvalue weighted by Gasteiger charge is -2.25. The predicted octanol–water partition coefficient (Wildman–Crippen LogP) is 26.5. The number of quaternary nitrogens is 1. The van der Waals surface area contributed by atoms with E-state index in [2.05, 4.69) is 38.2 Å². The van der Waals surface area contributed by atoms with Crippen LogP contribution in [-0.2, 0) is 33.3 Å². The Morgan fingerprint density at radius 1 is 0.323 bits per heavy atom. The number of rotatable bonds is 79. The van der Waals surface area contributed by atoms with E-state index < -0.39 is 18.4 Å². The Hall–Kier alpha value is -2.23. The van der Waals surface area contributed by atoms with Gasteiger partial charge in [0.25, 0.3) is 6.29 Å². The molecule has 0 aliphatic rings. The van der Waals surface area contributed by atoms with E-state index in [4.69, 9.17) is 18.9 Å². The SMILES string of the molecule is CCCCCCC/C=C\C/C=C\CCCCCCCCCCCCCCCCCCCCCCCC(=O)OC(COC(=O)CCCCCCCCCCCCCCCCCCCCCCCCCCCCCCCCCCCCC)COC(OCC[N+](C)(C)C)C(=O)O. The summed E-state index contributed by atoms with van der Waals surface area (Å²) in [6.07, 6.45) is 93.6. The highest BCUT2D eigenvalue weighted by atomic mass is 16.7. The number of nitrogens with zero attached hydrogens (tertiary/aromatic N) is 1. The molecule has 2 unspecified atom stereocenters. The van der Waals surface area contributed by atoms with Gasteiger partial charge in [-0.2, -0.15) is 0 Å². The highest BCUT2D eigenvalue weighted by molar-refractivity contribution is 5.71. The number of ether oxygens (including phenoxy) is 4. The average molecular weight is 1310 g/mol. The van der Waals surface area contributed by atoms with Crippen LogP contribution in [0.4, 0.5) is 0 Å². The third kappa shape index (κ3) is 77.0. The maximum atomic E-state index is 13.0. The van der Waals surface area contributed by atoms with Gasteiger partial charge in [-0.05, 0) is 44.9 Å². The monoisotopic (exact) mass is 1310 g/mol. The lowest BCUT2D eigenvalue weighted by molar-refractivity contribution is -0.870. The molecule has 0 aromatic carbocycles. The van der Waals surface area contributed by atoms with E-state index in [1.165, 1.54) is 366 Å². The second-order valence-electron chi connectivity index (χ2n) is 29.8. The lowest BCUT2D eigenvalue weighted by Crippen LogP contribution is -2.40. The Labute approximate surface area is 579 Å². The fourth-order valence-electron chi connectivity index (χ4n) is 12.9. The molecule has 0 saturated carbocycles. The third-order valence-corrected chi connectivity index (χ3v) is 19.2. The molecule has 0 amide bonds. The van der Waals surface area contributed by atoms with Crippen LogP contribution < -0.4 is 0 Å². The minimum absolute atomic E-state index is 0.174. The molecule has 93 heavy (non-hydrogen) atoms. The summed E-state index contributed by atoms with van der Waals surface area (Å²) in [4.78, 5) is 37.8. The largest absolute Gasteiger partial charge is 0.477 e. The molecule has 0 aliphatic carbocycles. The first-order valence-electron chi connectivity index (χ1n) is 41.5. The zero-order chi connectivity index (χ0) is 67.5. The molecule has 2 atom stereocenters. The number of hydrogen-bond acceptors (Lipinski definition) is 7. The molecule has 0 aromatic rings. The van der Waals surface area contributed by atoms with Crippen LogP contribution in [-0.4, -0.2) is 87.4 Å². The van der Waals surface area contributed by atoms with Crippen LogP contribution in [0.25, 0.3) is 0 Å². The van der Waals surface area contributed by atoms with E-state index in [1.54, 1.807) is 0 Å². The van der Waals surface area contributed by atoms with Crippen LogP contribution in [0.2, 0.25) is 0 Å². The summed E-state index contributed by atoms with van der Waals surface area (Å²) in [5, 5.41) is 9.78. The van der Waals surface area contributed by atoms with Crippen LogP contribution in [0.3, 0.4) is 0 Å². The standard InChI is InChI=1S/C84H161NO8/c1-6-8-10-12-14-16-18-20-22-24-26-28-30-32-34-36-38-40-41-43-44-46-48-50-52-54-56-58-60-62-64-66-68-70-72-74-81(86)91-78-80(79-92-84(83(88)89)90-77-76-85(3,4)5)93-82(87)75-73-71-69-67-65-63-61-59-57-55-53-51-49-47-45-42-39-37-35-33-31-29-27-25-23-21-19-17-15-13-11-9-7-2/h19,21,25,27,80,84H,6-18,20,22-24,26,28-79H2,1-5H3/p+1/b21-19-,27-25-. The summed E-state index contributed by atoms with van der Waals surface area (Å²) in [6, 6.07) is 0. The quantitative estimate of drug-likeness (QED) is 0.0211. The molecular weight excluding hydrogens is 1150 g/mol. The van der Waals surface area contributed by atoms with E-state index in [-0.39, 0.29) is 38.2 Å². The summed E-state index contributed by atoms with van der Waals surface area (Å²) in [5.74, 6) is -1.97. The fraction of sp³-hybridized carbons (Fsp3) is 0.917. The fourth-order valence-corrected chi connectivity index (χ4v) is 12.9. The van der Waals surface area contributed by atoms with Gasteiger partial charge in [0.1, 0.15) is 13.2 Å². The predicted molar refractivity (Wildman–Crippen MR) is 401 cm³/mol. The zero-order valence-corrected chi connectivity index (χ0v) is 63.2. The summed E-state index contributed by atoms with van der Waals surface area (Å²) in [6.45, 7) is 4.96. The number of carboxylic acids is 1. The van der Waals surface area contributed by atoms with Crippen LogP contribution in [0.1, 0.15) is 438 Å². The first-order valence-corrected chi connectivity index (χ1v) is 41.5. The lowest BCUT2D eigenvalue weighted by atomic mass is 10.0. The highest BCUT2D eigenvalue weighted by Gasteiger charge is 2.25. The Morgan fingerprint density at radius 2 is 0.581 bits per heavy atom. The summed E-state index contributed by atoms with van der Waals surface area (Å²) in [7, 11) is 6.00. The summed E-state index contributed by atoms with van der Waals surface area (Å²) >= 11 is 0. The molecule has 0 saturated heterocycles. The molecule has 9 heteroatoms. The molecule has 0 spiro atoms. The topological polar surface area (TPSA) is 108 Å². The summed E-state index contributed by atoms with van der Waals surface area (Å²) < 4.78 is 23.1. The van der Waals surface area contributed by atoms with E-state index in [0.717, 1.165) is 44.9 Å². The molecule has 0 fully saturated rings. The number of carbonyl (C=O) groups excluding carboxylic acids is 2. The van der Waals surface area contributed by atoms with Crippen molar-refractivity contribution in [3.8, 4) is 0 Å². The molecule has 0 aliphatic heterocycles. The molecular formula is C84H162NO8+. The second kappa shape index (κ2) is 75.5. The number of likely N-dealkylation sites (N-methyl/N-ethyl adjacent to an activating group) is 1. The number of esters is 2. The maximum Gasteiger partial charge on any atom is 0.361 e. The van der Waals surface area contributed by atoms with Crippen molar-refractivity contribution >= 4 is 17.9 Å². The van der Waals surface area contributed by atoms with Crippen molar-refractivity contribution in [2.24, 2.45) is 0 Å². The smallest absolute Gasteiger partial charge is 0.361 e. The van der Waals surface area contributed by atoms with Crippen molar-refractivity contribution in [1.29, 1.82) is 0 Å². The van der Waals surface area contributed by atoms with Gasteiger partial charge >= 0.3 is 17.9 Å². The van der Waals surface area contributed by atoms with Gasteiger partial charge in [-0.3, -0.25) is 9.59 Å². The summed E-state index contributed by atoms with van der Waals surface area (Å²) in [5.41, 5.74) is 0. The minimum Gasteiger partial charge on any atom is -0.477 e. The van der Waals surface area contributed by atoms with Crippen molar-refractivity contribution in [2.45, 2.75) is 450 Å². The van der Waals surface area contributed by atoms with Gasteiger partial charge in [0, 0.05) is 12.8 Å². The normalized spacial score (nSPS) is 12.7. The van der Waals surface area contributed by atoms with Crippen LogP contribution in [0.5, 0.6) is 0 Å². The molecule has 1 N–H and O–H groups in total. The molecule has 0 rings (SSSR count). The number of carboxylic acid groups (broad SMARTS) is 1. The number of carbonyl (C=O) groups is 3. The van der Waals surface area contributed by atoms with Gasteiger partial charge in [0.15, 0.2) is 6.10 Å². The van der Waals surface area contributed by atoms with Crippen molar-refractivity contribution < 1.29 is 42.9 Å². The average Bonchev–Trinajstić information content (AvgIpc) is 3.74. The highest BCUT2D eigenvalue weighted by Crippen LogP contribution is 2.21. The molecule has 550 valence electrons. The van der Waals surface area contributed by atoms with Crippen molar-refractivity contribution in [3.05, 3.63) is 24.3 Å². The van der Waals surface area contributed by atoms with Crippen molar-refractivity contribution in [1.82, 2.24) is 0 Å². The molecule has 0 bridgehead atoms. The van der Waals surface area contributed by atoms with E-state index in [9.17, 15) is 19.5 Å². The van der Waals surface area contributed by atoms with E-state index in [0.29, 0.717) is 17.4 Å². The van der Waals surface area contributed by atoms with Crippen molar-refractivity contribution in [3.63, 3.8) is 0 Å². The number of hydrogen-bond donors (Lipinski definition) is 1. The number of allylic oxidation sites excluding steroid dienone is 4. The van der Waals surface area contributed by atoms with Crippen molar-refractivity contribution in [2.75, 3.05) is 47.5 Å². The Morgan fingerprint density at radius 3 is 0.849 bits per heavy atom. The van der Waals surface area contributed by atoms with E-state index in [1.807, 2.05) is 21.1 Å². The van der Waals surface area contributed by atoms with Crippen LogP contribution >= 0.6 is 0 Å². The third-order valence-electron chi connectivity index (χ3n) is 19.2. The van der Waals surface area contributed by atoms with Gasteiger partial charge in [0.2, 0.25) is 0 Å². The molecule has 0 aromatic heterocycles. The number of aliphatic carboxylic acids is 1. The van der Waals surface area contributed by atoms with Gasteiger partial charge in [-0.25, -0.2) is 4.79 Å².